The zero-order valence-electron chi connectivity index (χ0n) is 14.1. The monoisotopic (exact) mass is 368 g/mol. The normalized spacial score (nSPS) is 22.4. The molecule has 0 saturated carbocycles. The lowest BCUT2D eigenvalue weighted by atomic mass is 9.96. The molecule has 1 aromatic rings. The average molecular weight is 368 g/mol. The van der Waals surface area contributed by atoms with Gasteiger partial charge in [0.2, 0.25) is 0 Å². The Bertz CT molecular complexity index is 549. The second kappa shape index (κ2) is 7.53. The van der Waals surface area contributed by atoms with E-state index in [1.807, 2.05) is 11.8 Å². The van der Waals surface area contributed by atoms with Crippen molar-refractivity contribution in [1.29, 1.82) is 0 Å². The van der Waals surface area contributed by atoms with Gasteiger partial charge >= 0.3 is 12.4 Å². The molecule has 2 atom stereocenters. The van der Waals surface area contributed by atoms with Crippen LogP contribution in [0.5, 0.6) is 0 Å². The van der Waals surface area contributed by atoms with E-state index >= 15 is 0 Å². The minimum atomic E-state index is -4.81. The summed E-state index contributed by atoms with van der Waals surface area (Å²) in [5, 5.41) is 3.35. The van der Waals surface area contributed by atoms with Crippen LogP contribution in [0.3, 0.4) is 0 Å². The second-order valence-corrected chi connectivity index (χ2v) is 6.57. The van der Waals surface area contributed by atoms with Crippen LogP contribution in [0.4, 0.5) is 26.3 Å². The molecular formula is C17H22F6N2. The standard InChI is InChI=1S/C17H22F6N2/c1-3-14-9-15(4-5-24-14)25(2)10-11-6-12(16(18,19)20)8-13(7-11)17(21,22)23/h6-8,14-15,24H,3-5,9-10H2,1-2H3. The van der Waals surface area contributed by atoms with Gasteiger partial charge in [-0.25, -0.2) is 0 Å². The van der Waals surface area contributed by atoms with Crippen LogP contribution in [-0.4, -0.2) is 30.6 Å². The number of nitrogens with one attached hydrogen (secondary N) is 1. The molecule has 0 amide bonds. The van der Waals surface area contributed by atoms with Crippen molar-refractivity contribution in [2.24, 2.45) is 0 Å². The van der Waals surface area contributed by atoms with Crippen LogP contribution in [0, 0.1) is 0 Å². The van der Waals surface area contributed by atoms with Crippen LogP contribution in [0.15, 0.2) is 18.2 Å². The zero-order valence-corrected chi connectivity index (χ0v) is 14.1. The van der Waals surface area contributed by atoms with Crippen molar-refractivity contribution in [2.45, 2.75) is 57.2 Å². The van der Waals surface area contributed by atoms with Crippen LogP contribution in [0.25, 0.3) is 0 Å². The summed E-state index contributed by atoms with van der Waals surface area (Å²) < 4.78 is 77.6. The van der Waals surface area contributed by atoms with Gasteiger partial charge in [0.1, 0.15) is 0 Å². The third kappa shape index (κ3) is 5.34. The summed E-state index contributed by atoms with van der Waals surface area (Å²) >= 11 is 0. The third-order valence-electron chi connectivity index (χ3n) is 4.66. The summed E-state index contributed by atoms with van der Waals surface area (Å²) in [5.74, 6) is 0. The number of nitrogens with zero attached hydrogens (tertiary/aromatic N) is 1. The van der Waals surface area contributed by atoms with Crippen LogP contribution in [0.2, 0.25) is 0 Å². The molecule has 1 N–H and O–H groups in total. The van der Waals surface area contributed by atoms with Crippen molar-refractivity contribution < 1.29 is 26.3 Å². The summed E-state index contributed by atoms with van der Waals surface area (Å²) in [4.78, 5) is 1.85. The van der Waals surface area contributed by atoms with E-state index in [4.69, 9.17) is 0 Å². The Morgan fingerprint density at radius 3 is 2.08 bits per heavy atom. The molecule has 1 aliphatic heterocycles. The van der Waals surface area contributed by atoms with Crippen molar-refractivity contribution in [2.75, 3.05) is 13.6 Å². The highest BCUT2D eigenvalue weighted by Crippen LogP contribution is 2.36. The fourth-order valence-corrected chi connectivity index (χ4v) is 3.22. The van der Waals surface area contributed by atoms with Gasteiger partial charge in [0.25, 0.3) is 0 Å². The van der Waals surface area contributed by atoms with E-state index in [1.165, 1.54) is 0 Å². The molecule has 0 aliphatic carbocycles. The van der Waals surface area contributed by atoms with E-state index in [9.17, 15) is 26.3 Å². The second-order valence-electron chi connectivity index (χ2n) is 6.57. The first-order valence-corrected chi connectivity index (χ1v) is 8.22. The Hall–Kier alpha value is -1.28. The third-order valence-corrected chi connectivity index (χ3v) is 4.66. The van der Waals surface area contributed by atoms with Gasteiger partial charge in [0.15, 0.2) is 0 Å². The van der Waals surface area contributed by atoms with Gasteiger partial charge in [-0.15, -0.1) is 0 Å². The number of hydrogen-bond acceptors (Lipinski definition) is 2. The SMILES string of the molecule is CCC1CC(N(C)Cc2cc(C(F)(F)F)cc(C(F)(F)F)c2)CCN1. The number of alkyl halides is 6. The van der Waals surface area contributed by atoms with E-state index in [2.05, 4.69) is 5.32 Å². The molecule has 8 heteroatoms. The Kier molecular flexibility index (Phi) is 6.04. The smallest absolute Gasteiger partial charge is 0.314 e. The number of piperidine rings is 1. The van der Waals surface area contributed by atoms with Gasteiger partial charge in [-0.2, -0.15) is 26.3 Å². The lowest BCUT2D eigenvalue weighted by Crippen LogP contribution is -2.46. The highest BCUT2D eigenvalue weighted by molar-refractivity contribution is 5.33. The predicted molar refractivity (Wildman–Crippen MR) is 83.0 cm³/mol. The molecule has 2 rings (SSSR count). The molecule has 1 aromatic carbocycles. The Morgan fingerprint density at radius 2 is 1.60 bits per heavy atom. The predicted octanol–water partition coefficient (Wildman–Crippen LogP) is 4.69. The summed E-state index contributed by atoms with van der Waals surface area (Å²) in [5.41, 5.74) is -2.50. The van der Waals surface area contributed by atoms with Crippen LogP contribution in [-0.2, 0) is 18.9 Å². The quantitative estimate of drug-likeness (QED) is 0.776. The number of benzene rings is 1. The molecular weight excluding hydrogens is 346 g/mol. The van der Waals surface area contributed by atoms with Gasteiger partial charge in [-0.1, -0.05) is 6.92 Å². The first-order valence-electron chi connectivity index (χ1n) is 8.22. The first-order chi connectivity index (χ1) is 11.5. The van der Waals surface area contributed by atoms with E-state index in [-0.39, 0.29) is 24.2 Å². The molecule has 0 radical (unpaired) electrons. The van der Waals surface area contributed by atoms with Crippen LogP contribution >= 0.6 is 0 Å². The van der Waals surface area contributed by atoms with Crippen molar-refractivity contribution in [3.8, 4) is 0 Å². The van der Waals surface area contributed by atoms with Gasteiger partial charge in [0, 0.05) is 18.6 Å². The van der Waals surface area contributed by atoms with E-state index in [1.54, 1.807) is 7.05 Å². The topological polar surface area (TPSA) is 15.3 Å². The maximum Gasteiger partial charge on any atom is 0.416 e. The number of halogens is 6. The van der Waals surface area contributed by atoms with Crippen molar-refractivity contribution in [1.82, 2.24) is 10.2 Å². The fraction of sp³-hybridized carbons (Fsp3) is 0.647. The molecule has 0 bridgehead atoms. The number of rotatable bonds is 4. The maximum absolute atomic E-state index is 12.9. The molecule has 2 unspecified atom stereocenters. The van der Waals surface area contributed by atoms with E-state index < -0.39 is 23.5 Å². The minimum absolute atomic E-state index is 0.0243. The first kappa shape index (κ1) is 20.0. The molecule has 1 fully saturated rings. The lowest BCUT2D eigenvalue weighted by molar-refractivity contribution is -0.143. The molecule has 142 valence electrons. The van der Waals surface area contributed by atoms with Crippen molar-refractivity contribution in [3.63, 3.8) is 0 Å². The summed E-state index contributed by atoms with van der Waals surface area (Å²) in [7, 11) is 1.75. The van der Waals surface area contributed by atoms with Gasteiger partial charge in [-0.3, -0.25) is 4.90 Å². The maximum atomic E-state index is 12.9. The number of hydrogen-bond donors (Lipinski definition) is 1. The fourth-order valence-electron chi connectivity index (χ4n) is 3.22. The van der Waals surface area contributed by atoms with Crippen molar-refractivity contribution in [3.05, 3.63) is 34.9 Å². The van der Waals surface area contributed by atoms with Gasteiger partial charge in [0.05, 0.1) is 11.1 Å². The molecule has 1 saturated heterocycles. The molecule has 2 nitrogen and oxygen atoms in total. The minimum Gasteiger partial charge on any atom is -0.314 e. The van der Waals surface area contributed by atoms with E-state index in [0.717, 1.165) is 37.9 Å². The lowest BCUT2D eigenvalue weighted by Gasteiger charge is -2.36. The Morgan fingerprint density at radius 1 is 1.04 bits per heavy atom. The Labute approximate surface area is 143 Å². The molecule has 0 aromatic heterocycles. The van der Waals surface area contributed by atoms with E-state index in [0.29, 0.717) is 6.04 Å². The highest BCUT2D eigenvalue weighted by atomic mass is 19.4. The van der Waals surface area contributed by atoms with Crippen molar-refractivity contribution >= 4 is 0 Å². The van der Waals surface area contributed by atoms with Gasteiger partial charge < -0.3 is 5.32 Å². The molecule has 1 heterocycles. The largest absolute Gasteiger partial charge is 0.416 e. The average Bonchev–Trinajstić information content (AvgIpc) is 2.53. The summed E-state index contributed by atoms with van der Waals surface area (Å²) in [6, 6.07) is 2.25. The summed E-state index contributed by atoms with van der Waals surface area (Å²) in [6.07, 6.45) is -7.03. The molecule has 25 heavy (non-hydrogen) atoms. The van der Waals surface area contributed by atoms with Crippen LogP contribution < -0.4 is 5.32 Å². The summed E-state index contributed by atoms with van der Waals surface area (Å²) in [6.45, 7) is 2.89. The highest BCUT2D eigenvalue weighted by Gasteiger charge is 2.37. The molecule has 1 aliphatic rings. The van der Waals surface area contributed by atoms with Gasteiger partial charge in [-0.05, 0) is 56.6 Å². The van der Waals surface area contributed by atoms with Crippen LogP contribution in [0.1, 0.15) is 42.9 Å². The molecule has 0 spiro atoms. The zero-order chi connectivity index (χ0) is 18.8. The Balaban J connectivity index is 2.23.